The molecule has 0 aromatic carbocycles. The molecule has 5 atom stereocenters. The summed E-state index contributed by atoms with van der Waals surface area (Å²) >= 11 is 2.88. The van der Waals surface area contributed by atoms with Gasteiger partial charge in [-0.15, -0.1) is 0 Å². The van der Waals surface area contributed by atoms with Crippen LogP contribution < -0.4 is 21.7 Å². The van der Waals surface area contributed by atoms with Crippen LogP contribution in [0.5, 0.6) is 0 Å². The van der Waals surface area contributed by atoms with Crippen LogP contribution in [0.3, 0.4) is 0 Å². The normalized spacial score (nSPS) is 15.4. The minimum absolute atomic E-state index is 0.137. The van der Waals surface area contributed by atoms with Crippen LogP contribution in [0.2, 0.25) is 0 Å². The number of carbonyl (C=O) groups excluding carboxylic acids is 3. The van der Waals surface area contributed by atoms with Crippen LogP contribution in [0.4, 0.5) is 0 Å². The molecule has 0 aliphatic rings. The highest BCUT2D eigenvalue weighted by molar-refractivity contribution is 7.98. The number of amides is 3. The molecule has 14 heteroatoms. The van der Waals surface area contributed by atoms with Gasteiger partial charge in [-0.25, -0.2) is 4.79 Å². The minimum atomic E-state index is -1.58. The number of carboxylic acid groups (broad SMARTS) is 2. The van der Waals surface area contributed by atoms with Gasteiger partial charge in [-0.1, -0.05) is 0 Å². The van der Waals surface area contributed by atoms with E-state index in [0.717, 1.165) is 0 Å². The molecule has 0 radical (unpaired) electrons. The van der Waals surface area contributed by atoms with Crippen molar-refractivity contribution in [3.05, 3.63) is 0 Å². The van der Waals surface area contributed by atoms with Crippen molar-refractivity contribution in [2.24, 2.45) is 5.73 Å². The largest absolute Gasteiger partial charge is 0.481 e. The number of nitrogens with two attached hydrogens (primary N) is 1. The summed E-state index contributed by atoms with van der Waals surface area (Å²) in [6, 6.07) is -4.90. The van der Waals surface area contributed by atoms with E-state index >= 15 is 0 Å². The first kappa shape index (κ1) is 31.0. The van der Waals surface area contributed by atoms with E-state index in [9.17, 15) is 34.2 Å². The highest BCUT2D eigenvalue weighted by Gasteiger charge is 2.31. The molecule has 0 aromatic rings. The number of rotatable bonds is 17. The Balaban J connectivity index is 5.46. The van der Waals surface area contributed by atoms with Crippen molar-refractivity contribution in [2.45, 2.75) is 62.9 Å². The van der Waals surface area contributed by atoms with E-state index in [1.807, 2.05) is 6.26 Å². The molecule has 0 aliphatic carbocycles. The van der Waals surface area contributed by atoms with E-state index in [1.54, 1.807) is 6.26 Å². The molecule has 0 saturated carbocycles. The summed E-state index contributed by atoms with van der Waals surface area (Å²) in [6.45, 7) is 1.20. The summed E-state index contributed by atoms with van der Waals surface area (Å²) in [5.41, 5.74) is 5.81. The van der Waals surface area contributed by atoms with Gasteiger partial charge in [-0.3, -0.25) is 19.2 Å². The minimum Gasteiger partial charge on any atom is -0.481 e. The number of hydrogen-bond donors (Lipinski definition) is 7. The lowest BCUT2D eigenvalue weighted by molar-refractivity contribution is -0.145. The second kappa shape index (κ2) is 16.6. The smallest absolute Gasteiger partial charge is 0.328 e. The van der Waals surface area contributed by atoms with Gasteiger partial charge in [-0.2, -0.15) is 23.5 Å². The third kappa shape index (κ3) is 12.7. The van der Waals surface area contributed by atoms with E-state index in [2.05, 4.69) is 16.0 Å². The first-order valence-corrected chi connectivity index (χ1v) is 13.0. The lowest BCUT2D eigenvalue weighted by Gasteiger charge is -2.25. The van der Waals surface area contributed by atoms with Crippen molar-refractivity contribution in [1.29, 1.82) is 0 Å². The SMILES string of the molecule is CSCCC(N)C(=O)NC(CCC(=O)O)C(=O)NC(CCSC)C(=O)NC(C(=O)O)C(C)O. The molecule has 12 nitrogen and oxygen atoms in total. The molecule has 0 rings (SSSR count). The third-order valence-corrected chi connectivity index (χ3v) is 5.83. The number of hydrogen-bond acceptors (Lipinski definition) is 9. The van der Waals surface area contributed by atoms with Crippen LogP contribution in [0.25, 0.3) is 0 Å². The topological polar surface area (TPSA) is 208 Å². The monoisotopic (exact) mass is 510 g/mol. The molecule has 0 aliphatic heterocycles. The maximum atomic E-state index is 12.8. The Hall–Kier alpha value is -2.03. The summed E-state index contributed by atoms with van der Waals surface area (Å²) < 4.78 is 0. The van der Waals surface area contributed by atoms with Gasteiger partial charge >= 0.3 is 11.9 Å². The zero-order valence-corrected chi connectivity index (χ0v) is 20.5. The number of nitrogens with one attached hydrogen (secondary N) is 3. The zero-order valence-electron chi connectivity index (χ0n) is 18.9. The molecule has 190 valence electrons. The third-order valence-electron chi connectivity index (χ3n) is 4.54. The molecule has 3 amide bonds. The quantitative estimate of drug-likeness (QED) is 0.121. The molecule has 0 spiro atoms. The molecule has 0 bridgehead atoms. The predicted molar refractivity (Wildman–Crippen MR) is 126 cm³/mol. The molecule has 8 N–H and O–H groups in total. The fraction of sp³-hybridized carbons (Fsp3) is 0.737. The van der Waals surface area contributed by atoms with Crippen molar-refractivity contribution in [3.63, 3.8) is 0 Å². The molecular weight excluding hydrogens is 476 g/mol. The van der Waals surface area contributed by atoms with E-state index in [4.69, 9.17) is 10.8 Å². The van der Waals surface area contributed by atoms with Gasteiger partial charge in [0.2, 0.25) is 17.7 Å². The van der Waals surface area contributed by atoms with Crippen molar-refractivity contribution >= 4 is 53.2 Å². The van der Waals surface area contributed by atoms with Gasteiger partial charge in [-0.05, 0) is 50.2 Å². The van der Waals surface area contributed by atoms with E-state index in [-0.39, 0.29) is 12.8 Å². The van der Waals surface area contributed by atoms with Crippen LogP contribution in [0.15, 0.2) is 0 Å². The van der Waals surface area contributed by atoms with Crippen LogP contribution in [0.1, 0.15) is 32.6 Å². The molecule has 5 unspecified atom stereocenters. The van der Waals surface area contributed by atoms with Crippen LogP contribution in [0, 0.1) is 0 Å². The Morgan fingerprint density at radius 2 is 1.30 bits per heavy atom. The number of carbonyl (C=O) groups is 5. The van der Waals surface area contributed by atoms with Gasteiger partial charge < -0.3 is 37.0 Å². The van der Waals surface area contributed by atoms with E-state index < -0.39 is 66.4 Å². The highest BCUT2D eigenvalue weighted by Crippen LogP contribution is 2.06. The molecule has 0 saturated heterocycles. The second-order valence-corrected chi connectivity index (χ2v) is 9.26. The molecule has 0 heterocycles. The van der Waals surface area contributed by atoms with Crippen LogP contribution >= 0.6 is 23.5 Å². The highest BCUT2D eigenvalue weighted by atomic mass is 32.2. The second-order valence-electron chi connectivity index (χ2n) is 7.29. The first-order chi connectivity index (χ1) is 15.4. The van der Waals surface area contributed by atoms with Crippen molar-refractivity contribution in [2.75, 3.05) is 24.0 Å². The average Bonchev–Trinajstić information content (AvgIpc) is 2.74. The summed E-state index contributed by atoms with van der Waals surface area (Å²) in [6.07, 6.45) is 2.09. The molecular formula is C19H34N4O8S2. The van der Waals surface area contributed by atoms with Crippen molar-refractivity contribution < 1.29 is 39.3 Å². The number of aliphatic hydroxyl groups is 1. The zero-order chi connectivity index (χ0) is 25.6. The lowest BCUT2D eigenvalue weighted by Crippen LogP contribution is -2.58. The number of thioether (sulfide) groups is 2. The fourth-order valence-corrected chi connectivity index (χ4v) is 3.57. The maximum absolute atomic E-state index is 12.8. The number of aliphatic carboxylic acids is 2. The van der Waals surface area contributed by atoms with Crippen LogP contribution in [-0.4, -0.2) is 99.3 Å². The van der Waals surface area contributed by atoms with E-state index in [0.29, 0.717) is 17.9 Å². The maximum Gasteiger partial charge on any atom is 0.328 e. The Labute approximate surface area is 201 Å². The fourth-order valence-electron chi connectivity index (χ4n) is 2.61. The van der Waals surface area contributed by atoms with Crippen LogP contribution in [-0.2, 0) is 24.0 Å². The number of aliphatic hydroxyl groups excluding tert-OH is 1. The Morgan fingerprint density at radius 3 is 1.79 bits per heavy atom. The average molecular weight is 511 g/mol. The summed E-state index contributed by atoms with van der Waals surface area (Å²) in [5, 5.41) is 34.8. The first-order valence-electron chi connectivity index (χ1n) is 10.2. The standard InChI is InChI=1S/C19H34N4O8S2/c1-10(24)15(19(30)31)23-18(29)13(7-9-33-3)22-17(28)12(4-5-14(25)26)21-16(27)11(20)6-8-32-2/h10-13,15,24H,4-9,20H2,1-3H3,(H,21,27)(H,22,28)(H,23,29)(H,25,26)(H,30,31). The van der Waals surface area contributed by atoms with Crippen molar-refractivity contribution in [1.82, 2.24) is 16.0 Å². The Kier molecular flexibility index (Phi) is 15.5. The van der Waals surface area contributed by atoms with Gasteiger partial charge in [0.25, 0.3) is 0 Å². The Morgan fingerprint density at radius 1 is 0.818 bits per heavy atom. The molecule has 33 heavy (non-hydrogen) atoms. The Bertz CT molecular complexity index is 680. The van der Waals surface area contributed by atoms with Gasteiger partial charge in [0.1, 0.15) is 12.1 Å². The summed E-state index contributed by atoms with van der Waals surface area (Å²) in [5.74, 6) is -3.81. The van der Waals surface area contributed by atoms with Crippen molar-refractivity contribution in [3.8, 4) is 0 Å². The number of carboxylic acids is 2. The van der Waals surface area contributed by atoms with Gasteiger partial charge in [0.05, 0.1) is 12.1 Å². The summed E-state index contributed by atoms with van der Waals surface area (Å²) in [4.78, 5) is 60.1. The van der Waals surface area contributed by atoms with E-state index in [1.165, 1.54) is 30.4 Å². The van der Waals surface area contributed by atoms with Gasteiger partial charge in [0.15, 0.2) is 6.04 Å². The molecule has 0 fully saturated rings. The molecule has 0 aromatic heterocycles. The lowest BCUT2D eigenvalue weighted by atomic mass is 10.1. The summed E-state index contributed by atoms with van der Waals surface area (Å²) in [7, 11) is 0. The van der Waals surface area contributed by atoms with Gasteiger partial charge in [0, 0.05) is 6.42 Å². The predicted octanol–water partition coefficient (Wildman–Crippen LogP) is -1.40.